The number of nitro groups is 1. The van der Waals surface area contributed by atoms with Gasteiger partial charge in [0.2, 0.25) is 0 Å². The van der Waals surface area contributed by atoms with Crippen LogP contribution in [0, 0.1) is 10.1 Å². The molecule has 2 heterocycles. The van der Waals surface area contributed by atoms with Gasteiger partial charge in [0, 0.05) is 0 Å². The van der Waals surface area contributed by atoms with E-state index in [0.29, 0.717) is 11.4 Å². The zero-order chi connectivity index (χ0) is 22.7. The summed E-state index contributed by atoms with van der Waals surface area (Å²) in [7, 11) is 0. The molecule has 2 amide bonds. The molecule has 3 aromatic rings. The van der Waals surface area contributed by atoms with E-state index >= 15 is 0 Å². The van der Waals surface area contributed by atoms with Gasteiger partial charge in [-0.25, -0.2) is 0 Å². The minimum Gasteiger partial charge on any atom is -0.401 e. The molecule has 0 spiro atoms. The highest BCUT2D eigenvalue weighted by atomic mass is 32.1. The Morgan fingerprint density at radius 2 is 1.38 bits per heavy atom. The van der Waals surface area contributed by atoms with Crippen LogP contribution in [0.5, 0.6) is 0 Å². The molecule has 0 radical (unpaired) electrons. The van der Waals surface area contributed by atoms with Crippen LogP contribution < -0.4 is 9.80 Å². The molecular formula is C23H15N3O5S. The Kier molecular flexibility index (Phi) is 5.73. The largest absolute Gasteiger partial charge is 0.433 e. The molecule has 32 heavy (non-hydrogen) atoms. The van der Waals surface area contributed by atoms with Gasteiger partial charge in [0.25, 0.3) is 11.8 Å². The maximum atomic E-state index is 13.2. The SMILES string of the molecule is O=C1C(=CC=Cc2ccc([N+](=O)[O-])o2)C(=O)N(c2ccccc2)C(=S)N1c1ccccc1. The third-order valence-electron chi connectivity index (χ3n) is 4.59. The Bertz CT molecular complexity index is 1200. The summed E-state index contributed by atoms with van der Waals surface area (Å²) in [5.74, 6) is -1.35. The smallest absolute Gasteiger partial charge is 0.401 e. The van der Waals surface area contributed by atoms with Crippen LogP contribution in [0.4, 0.5) is 17.3 Å². The van der Waals surface area contributed by atoms with Crippen LogP contribution in [0.2, 0.25) is 0 Å². The van der Waals surface area contributed by atoms with E-state index in [1.54, 1.807) is 48.5 Å². The normalized spacial score (nSPS) is 14.4. The van der Waals surface area contributed by atoms with Gasteiger partial charge in [-0.05, 0) is 54.7 Å². The van der Waals surface area contributed by atoms with Gasteiger partial charge in [0.15, 0.2) is 5.11 Å². The lowest BCUT2D eigenvalue weighted by Crippen LogP contribution is -2.57. The summed E-state index contributed by atoms with van der Waals surface area (Å²) in [6.07, 6.45) is 4.19. The number of hydrogen-bond acceptors (Lipinski definition) is 6. The predicted molar refractivity (Wildman–Crippen MR) is 123 cm³/mol. The van der Waals surface area contributed by atoms with Crippen molar-refractivity contribution in [1.29, 1.82) is 0 Å². The molecule has 2 aromatic carbocycles. The van der Waals surface area contributed by atoms with E-state index in [1.807, 2.05) is 12.1 Å². The van der Waals surface area contributed by atoms with E-state index in [0.717, 1.165) is 0 Å². The Morgan fingerprint density at radius 1 is 0.844 bits per heavy atom. The molecule has 1 aliphatic heterocycles. The maximum Gasteiger partial charge on any atom is 0.433 e. The highest BCUT2D eigenvalue weighted by molar-refractivity contribution is 7.81. The van der Waals surface area contributed by atoms with Crippen molar-refractivity contribution in [3.63, 3.8) is 0 Å². The Hall–Kier alpha value is -4.37. The van der Waals surface area contributed by atoms with Gasteiger partial charge in [0.1, 0.15) is 16.3 Å². The molecule has 4 rings (SSSR count). The van der Waals surface area contributed by atoms with Crippen LogP contribution in [0.3, 0.4) is 0 Å². The van der Waals surface area contributed by atoms with Crippen LogP contribution in [0.1, 0.15) is 5.76 Å². The number of rotatable bonds is 5. The number of anilines is 2. The molecular weight excluding hydrogens is 430 g/mol. The van der Waals surface area contributed by atoms with Crippen molar-refractivity contribution in [1.82, 2.24) is 0 Å². The van der Waals surface area contributed by atoms with Gasteiger partial charge in [-0.2, -0.15) is 0 Å². The molecule has 0 N–H and O–H groups in total. The molecule has 0 unspecified atom stereocenters. The average Bonchev–Trinajstić information content (AvgIpc) is 3.27. The average molecular weight is 445 g/mol. The molecule has 0 bridgehead atoms. The lowest BCUT2D eigenvalue weighted by atomic mass is 10.1. The number of amides is 2. The van der Waals surface area contributed by atoms with Crippen LogP contribution in [-0.2, 0) is 9.59 Å². The molecule has 0 atom stereocenters. The summed E-state index contributed by atoms with van der Waals surface area (Å²) in [5.41, 5.74) is 0.920. The molecule has 1 saturated heterocycles. The second-order valence-electron chi connectivity index (χ2n) is 6.61. The molecule has 8 nitrogen and oxygen atoms in total. The number of thiocarbonyl (C=S) groups is 1. The number of furan rings is 1. The lowest BCUT2D eigenvalue weighted by molar-refractivity contribution is -0.402. The second-order valence-corrected chi connectivity index (χ2v) is 6.97. The summed E-state index contributed by atoms with van der Waals surface area (Å²) >= 11 is 5.52. The Morgan fingerprint density at radius 3 is 1.84 bits per heavy atom. The molecule has 158 valence electrons. The molecule has 9 heteroatoms. The van der Waals surface area contributed by atoms with E-state index in [9.17, 15) is 19.7 Å². The number of allylic oxidation sites excluding steroid dienone is 2. The molecule has 1 aliphatic rings. The summed E-state index contributed by atoms with van der Waals surface area (Å²) in [4.78, 5) is 39.2. The number of carbonyl (C=O) groups is 2. The summed E-state index contributed by atoms with van der Waals surface area (Å²) in [6, 6.07) is 20.2. The van der Waals surface area contributed by atoms with Crippen molar-refractivity contribution in [2.24, 2.45) is 0 Å². The highest BCUT2D eigenvalue weighted by Gasteiger charge is 2.40. The van der Waals surface area contributed by atoms with Gasteiger partial charge in [0.05, 0.1) is 17.4 Å². The first-order valence-corrected chi connectivity index (χ1v) is 9.84. The third kappa shape index (κ3) is 3.96. The summed E-state index contributed by atoms with van der Waals surface area (Å²) < 4.78 is 5.06. The number of nitrogens with zero attached hydrogens (tertiary/aromatic N) is 3. The Labute approximate surface area is 187 Å². The lowest BCUT2D eigenvalue weighted by Gasteiger charge is -2.36. The van der Waals surface area contributed by atoms with Crippen LogP contribution in [-0.4, -0.2) is 21.9 Å². The van der Waals surface area contributed by atoms with Crippen molar-refractivity contribution in [3.05, 3.63) is 106 Å². The van der Waals surface area contributed by atoms with Crippen LogP contribution in [0.25, 0.3) is 6.08 Å². The van der Waals surface area contributed by atoms with Crippen LogP contribution >= 0.6 is 12.2 Å². The van der Waals surface area contributed by atoms with Gasteiger partial charge >= 0.3 is 5.88 Å². The van der Waals surface area contributed by atoms with Gasteiger partial charge in [-0.3, -0.25) is 29.5 Å². The fourth-order valence-electron chi connectivity index (χ4n) is 3.13. The van der Waals surface area contributed by atoms with Crippen molar-refractivity contribution in [2.45, 2.75) is 0 Å². The van der Waals surface area contributed by atoms with E-state index in [-0.39, 0.29) is 16.4 Å². The quantitative estimate of drug-likeness (QED) is 0.189. The number of benzene rings is 2. The van der Waals surface area contributed by atoms with E-state index < -0.39 is 22.6 Å². The van der Waals surface area contributed by atoms with Gasteiger partial charge in [-0.15, -0.1) is 0 Å². The number of para-hydroxylation sites is 2. The number of carbonyl (C=O) groups excluding carboxylic acids is 2. The summed E-state index contributed by atoms with van der Waals surface area (Å²) in [6.45, 7) is 0. The maximum absolute atomic E-state index is 13.2. The zero-order valence-electron chi connectivity index (χ0n) is 16.5. The monoisotopic (exact) mass is 445 g/mol. The van der Waals surface area contributed by atoms with Gasteiger partial charge in [-0.1, -0.05) is 42.5 Å². The standard InChI is InChI=1S/C23H15N3O5S/c27-21-19(13-7-12-18-14-15-20(31-18)26(29)30)22(28)25(17-10-5-2-6-11-17)23(32)24(21)16-8-3-1-4-9-16/h1-15H. The number of hydrogen-bond donors (Lipinski definition) is 0. The zero-order valence-corrected chi connectivity index (χ0v) is 17.3. The third-order valence-corrected chi connectivity index (χ3v) is 4.96. The van der Waals surface area contributed by atoms with Crippen molar-refractivity contribution in [2.75, 3.05) is 9.80 Å². The van der Waals surface area contributed by atoms with E-state index in [2.05, 4.69) is 0 Å². The fraction of sp³-hybridized carbons (Fsp3) is 0. The second kappa shape index (κ2) is 8.78. The first kappa shape index (κ1) is 20.9. The molecule has 0 aliphatic carbocycles. The highest BCUT2D eigenvalue weighted by Crippen LogP contribution is 2.29. The molecule has 0 saturated carbocycles. The molecule has 1 fully saturated rings. The fourth-order valence-corrected chi connectivity index (χ4v) is 3.50. The minimum absolute atomic E-state index is 0.0418. The summed E-state index contributed by atoms with van der Waals surface area (Å²) in [5, 5.41) is 10.8. The van der Waals surface area contributed by atoms with Gasteiger partial charge < -0.3 is 4.42 Å². The van der Waals surface area contributed by atoms with E-state index in [1.165, 1.54) is 40.2 Å². The molecule has 1 aromatic heterocycles. The van der Waals surface area contributed by atoms with Crippen molar-refractivity contribution in [3.8, 4) is 0 Å². The Balaban J connectivity index is 1.74. The first-order chi connectivity index (χ1) is 15.5. The van der Waals surface area contributed by atoms with E-state index in [4.69, 9.17) is 16.6 Å². The van der Waals surface area contributed by atoms with Crippen LogP contribution in [0.15, 0.2) is 94.9 Å². The van der Waals surface area contributed by atoms with Crippen molar-refractivity contribution >= 4 is 52.5 Å². The topological polar surface area (TPSA) is 96.9 Å². The predicted octanol–water partition coefficient (Wildman–Crippen LogP) is 4.49. The van der Waals surface area contributed by atoms with Crippen molar-refractivity contribution < 1.29 is 18.9 Å². The first-order valence-electron chi connectivity index (χ1n) is 9.43. The minimum atomic E-state index is -0.652.